The smallest absolute Gasteiger partial charge is 0.0561 e. The summed E-state index contributed by atoms with van der Waals surface area (Å²) in [6, 6.07) is 1.45. The van der Waals surface area contributed by atoms with Crippen molar-refractivity contribution in [3.8, 4) is 0 Å². The molecule has 3 unspecified atom stereocenters. The molecule has 1 saturated heterocycles. The molecule has 0 radical (unpaired) electrons. The molecule has 2 fully saturated rings. The number of hydrogen-bond donors (Lipinski definition) is 1. The van der Waals surface area contributed by atoms with Gasteiger partial charge in [0.05, 0.1) is 6.10 Å². The molecule has 0 aromatic carbocycles. The van der Waals surface area contributed by atoms with Crippen LogP contribution in [0.25, 0.3) is 0 Å². The molecule has 2 nitrogen and oxygen atoms in total. The summed E-state index contributed by atoms with van der Waals surface area (Å²) in [4.78, 5) is 0. The minimum absolute atomic E-state index is 0.447. The lowest BCUT2D eigenvalue weighted by atomic mass is 9.75. The van der Waals surface area contributed by atoms with Crippen LogP contribution in [0.5, 0.6) is 0 Å². The molecule has 0 aromatic heterocycles. The van der Waals surface area contributed by atoms with E-state index in [9.17, 15) is 0 Å². The van der Waals surface area contributed by atoms with Crippen LogP contribution < -0.4 is 5.32 Å². The van der Waals surface area contributed by atoms with E-state index in [1.165, 1.54) is 38.5 Å². The molecule has 0 amide bonds. The van der Waals surface area contributed by atoms with Gasteiger partial charge in [0.15, 0.2) is 0 Å². The fourth-order valence-electron chi connectivity index (χ4n) is 3.32. The van der Waals surface area contributed by atoms with E-state index in [0.717, 1.165) is 12.6 Å². The van der Waals surface area contributed by atoms with Gasteiger partial charge in [0, 0.05) is 18.7 Å². The lowest BCUT2D eigenvalue weighted by Crippen LogP contribution is -2.46. The maximum Gasteiger partial charge on any atom is 0.0561 e. The summed E-state index contributed by atoms with van der Waals surface area (Å²) in [6.07, 6.45) is 8.34. The van der Waals surface area contributed by atoms with E-state index in [1.807, 2.05) is 0 Å². The van der Waals surface area contributed by atoms with Gasteiger partial charge in [0.1, 0.15) is 0 Å². The standard InChI is InChI=1S/C14H27NO/c1-11-9-12(6-8-16-11)15-13-5-4-7-14(2,3)10-13/h11-13,15H,4-10H2,1-3H3. The maximum absolute atomic E-state index is 5.60. The summed E-state index contributed by atoms with van der Waals surface area (Å²) in [5, 5.41) is 3.86. The molecule has 16 heavy (non-hydrogen) atoms. The Hall–Kier alpha value is -0.0800. The molecule has 1 saturated carbocycles. The highest BCUT2D eigenvalue weighted by atomic mass is 16.5. The zero-order valence-electron chi connectivity index (χ0n) is 11.1. The van der Waals surface area contributed by atoms with Gasteiger partial charge in [0.25, 0.3) is 0 Å². The normalized spacial score (nSPS) is 39.6. The van der Waals surface area contributed by atoms with Crippen molar-refractivity contribution in [3.63, 3.8) is 0 Å². The van der Waals surface area contributed by atoms with Gasteiger partial charge < -0.3 is 10.1 Å². The molecule has 3 atom stereocenters. The molecule has 2 rings (SSSR count). The molecule has 1 heterocycles. The van der Waals surface area contributed by atoms with E-state index in [0.29, 0.717) is 17.6 Å². The van der Waals surface area contributed by atoms with Crippen molar-refractivity contribution < 1.29 is 4.74 Å². The summed E-state index contributed by atoms with van der Waals surface area (Å²) in [5.74, 6) is 0. The fourth-order valence-corrected chi connectivity index (χ4v) is 3.32. The first-order chi connectivity index (χ1) is 7.55. The first-order valence-corrected chi connectivity index (χ1v) is 6.93. The predicted molar refractivity (Wildman–Crippen MR) is 67.6 cm³/mol. The van der Waals surface area contributed by atoms with Crippen molar-refractivity contribution in [3.05, 3.63) is 0 Å². The van der Waals surface area contributed by atoms with Crippen LogP contribution in [-0.4, -0.2) is 24.8 Å². The highest BCUT2D eigenvalue weighted by Crippen LogP contribution is 2.35. The lowest BCUT2D eigenvalue weighted by molar-refractivity contribution is 0.00868. The van der Waals surface area contributed by atoms with Gasteiger partial charge in [0.2, 0.25) is 0 Å². The van der Waals surface area contributed by atoms with Gasteiger partial charge in [-0.3, -0.25) is 0 Å². The fraction of sp³-hybridized carbons (Fsp3) is 1.00. The Morgan fingerprint density at radius 2 is 2.00 bits per heavy atom. The van der Waals surface area contributed by atoms with Gasteiger partial charge in [-0.25, -0.2) is 0 Å². The Bertz CT molecular complexity index is 227. The van der Waals surface area contributed by atoms with Crippen LogP contribution >= 0.6 is 0 Å². The maximum atomic E-state index is 5.60. The number of ether oxygens (including phenoxy) is 1. The van der Waals surface area contributed by atoms with Crippen molar-refractivity contribution in [1.29, 1.82) is 0 Å². The zero-order valence-corrected chi connectivity index (χ0v) is 11.1. The van der Waals surface area contributed by atoms with Crippen molar-refractivity contribution in [2.45, 2.75) is 77.5 Å². The summed E-state index contributed by atoms with van der Waals surface area (Å²) in [5.41, 5.74) is 0.548. The summed E-state index contributed by atoms with van der Waals surface area (Å²) < 4.78 is 5.60. The minimum atomic E-state index is 0.447. The van der Waals surface area contributed by atoms with E-state index in [4.69, 9.17) is 4.74 Å². The first-order valence-electron chi connectivity index (χ1n) is 6.93. The van der Waals surface area contributed by atoms with Crippen molar-refractivity contribution in [2.75, 3.05) is 6.61 Å². The van der Waals surface area contributed by atoms with Crippen LogP contribution in [0.4, 0.5) is 0 Å². The summed E-state index contributed by atoms with van der Waals surface area (Å²) >= 11 is 0. The van der Waals surface area contributed by atoms with Crippen LogP contribution in [0.2, 0.25) is 0 Å². The van der Waals surface area contributed by atoms with Crippen LogP contribution in [0.15, 0.2) is 0 Å². The van der Waals surface area contributed by atoms with Gasteiger partial charge in [-0.05, 0) is 44.4 Å². The second-order valence-corrected chi connectivity index (χ2v) is 6.53. The van der Waals surface area contributed by atoms with E-state index in [-0.39, 0.29) is 0 Å². The Morgan fingerprint density at radius 1 is 1.19 bits per heavy atom. The van der Waals surface area contributed by atoms with E-state index < -0.39 is 0 Å². The van der Waals surface area contributed by atoms with E-state index >= 15 is 0 Å². The Balaban J connectivity index is 1.80. The molecule has 1 aliphatic carbocycles. The minimum Gasteiger partial charge on any atom is -0.378 e. The second kappa shape index (κ2) is 5.05. The monoisotopic (exact) mass is 225 g/mol. The van der Waals surface area contributed by atoms with E-state index in [2.05, 4.69) is 26.1 Å². The van der Waals surface area contributed by atoms with Gasteiger partial charge >= 0.3 is 0 Å². The number of hydrogen-bond acceptors (Lipinski definition) is 2. The Kier molecular flexibility index (Phi) is 3.91. The van der Waals surface area contributed by atoms with Gasteiger partial charge in [-0.2, -0.15) is 0 Å². The SMILES string of the molecule is CC1CC(NC2CCCC(C)(C)C2)CCO1. The quantitative estimate of drug-likeness (QED) is 0.779. The number of rotatable bonds is 2. The molecule has 0 bridgehead atoms. The molecular formula is C14H27NO. The zero-order chi connectivity index (χ0) is 11.6. The van der Waals surface area contributed by atoms with E-state index in [1.54, 1.807) is 0 Å². The molecule has 0 aromatic rings. The highest BCUT2D eigenvalue weighted by molar-refractivity contribution is 4.86. The second-order valence-electron chi connectivity index (χ2n) is 6.53. The average molecular weight is 225 g/mol. The third-order valence-corrected chi connectivity index (χ3v) is 4.16. The molecule has 1 aliphatic heterocycles. The van der Waals surface area contributed by atoms with Crippen LogP contribution in [-0.2, 0) is 4.74 Å². The van der Waals surface area contributed by atoms with Gasteiger partial charge in [-0.1, -0.05) is 20.3 Å². The topological polar surface area (TPSA) is 21.3 Å². The van der Waals surface area contributed by atoms with Crippen molar-refractivity contribution >= 4 is 0 Å². The van der Waals surface area contributed by atoms with Crippen LogP contribution in [0.3, 0.4) is 0 Å². The van der Waals surface area contributed by atoms with Gasteiger partial charge in [-0.15, -0.1) is 0 Å². The third-order valence-electron chi connectivity index (χ3n) is 4.16. The Labute approximate surface area is 100 Å². The van der Waals surface area contributed by atoms with Crippen LogP contribution in [0.1, 0.15) is 59.3 Å². The Morgan fingerprint density at radius 3 is 2.69 bits per heavy atom. The summed E-state index contributed by atoms with van der Waals surface area (Å²) in [6.45, 7) is 7.95. The molecule has 1 N–H and O–H groups in total. The molecule has 94 valence electrons. The third kappa shape index (κ3) is 3.46. The highest BCUT2D eigenvalue weighted by Gasteiger charge is 2.30. The predicted octanol–water partition coefficient (Wildman–Crippen LogP) is 3.11. The summed E-state index contributed by atoms with van der Waals surface area (Å²) in [7, 11) is 0. The molecule has 2 aliphatic rings. The lowest BCUT2D eigenvalue weighted by Gasteiger charge is -2.39. The largest absolute Gasteiger partial charge is 0.378 e. The van der Waals surface area contributed by atoms with Crippen LogP contribution in [0, 0.1) is 5.41 Å². The van der Waals surface area contributed by atoms with Crippen molar-refractivity contribution in [2.24, 2.45) is 5.41 Å². The molecule has 0 spiro atoms. The van der Waals surface area contributed by atoms with Crippen molar-refractivity contribution in [1.82, 2.24) is 5.32 Å². The first kappa shape index (κ1) is 12.4. The average Bonchev–Trinajstić information content (AvgIpc) is 2.15. The molecule has 2 heteroatoms. The number of nitrogens with one attached hydrogen (secondary N) is 1. The molecular weight excluding hydrogens is 198 g/mol.